The van der Waals surface area contributed by atoms with Crippen molar-refractivity contribution < 1.29 is 9.71 Å². The van der Waals surface area contributed by atoms with Crippen LogP contribution in [0.2, 0.25) is 31.4 Å². The fourth-order valence-electron chi connectivity index (χ4n) is 4.00. The second kappa shape index (κ2) is 3.11. The van der Waals surface area contributed by atoms with Gasteiger partial charge in [0, 0.05) is 0 Å². The molecule has 2 aromatic rings. The number of H-pyrrole nitrogens is 1. The Hall–Kier alpha value is -0.596. The Bertz CT molecular complexity index is 1060. The summed E-state index contributed by atoms with van der Waals surface area (Å²) in [6, 6.07) is 10.8. The Morgan fingerprint density at radius 2 is 1.54 bits per heavy atom. The summed E-state index contributed by atoms with van der Waals surface area (Å²) in [5.74, 6) is 0. The SMILES string of the molecule is Cl.Cl.[CH2]=[Ti]([CH3])([CH3])([CH3])([CH3])([CH3])([CH3])([C]1=CC=CC1)[c]1cc2ccccc2[nH]1. The Balaban J connectivity index is 0.00000144. The number of halogens is 2. The molecule has 0 radical (unpaired) electrons. The Labute approximate surface area is 148 Å². The van der Waals surface area contributed by atoms with Gasteiger partial charge in [-0.3, -0.25) is 0 Å². The second-order valence-corrected chi connectivity index (χ2v) is 59.5. The van der Waals surface area contributed by atoms with E-state index in [0.717, 1.165) is 6.42 Å². The molecule has 0 aliphatic heterocycles. The van der Waals surface area contributed by atoms with Gasteiger partial charge in [0.15, 0.2) is 0 Å². The summed E-state index contributed by atoms with van der Waals surface area (Å²) in [5, 5.41) is 15.9. The second-order valence-electron chi connectivity index (χ2n) is 16.7. The first kappa shape index (κ1) is 21.4. The molecule has 0 unspecified atom stereocenters. The van der Waals surface area contributed by atoms with E-state index in [2.05, 4.69) is 84.9 Å². The first-order valence-electron chi connectivity index (χ1n) is 8.48. The van der Waals surface area contributed by atoms with Crippen LogP contribution in [0.4, 0.5) is 0 Å². The molecule has 1 aliphatic rings. The number of nitrogens with one attached hydrogen (secondary N) is 1. The van der Waals surface area contributed by atoms with Crippen molar-refractivity contribution in [3.05, 3.63) is 52.4 Å². The van der Waals surface area contributed by atoms with Crippen LogP contribution in [0.3, 0.4) is 0 Å². The van der Waals surface area contributed by atoms with Crippen molar-refractivity contribution in [3.63, 3.8) is 0 Å². The zero-order valence-corrected chi connectivity index (χ0v) is 19.0. The average Bonchev–Trinajstić information content (AvgIpc) is 2.97. The van der Waals surface area contributed by atoms with Crippen molar-refractivity contribution in [2.24, 2.45) is 0 Å². The first-order valence-corrected chi connectivity index (χ1v) is 20.5. The summed E-state index contributed by atoms with van der Waals surface area (Å²) in [6.07, 6.45) is 7.68. The third-order valence-corrected chi connectivity index (χ3v) is 20.8. The van der Waals surface area contributed by atoms with Crippen LogP contribution < -0.4 is 4.00 Å². The number of fused-ring (bicyclic) bond motifs is 1. The predicted octanol–water partition coefficient (Wildman–Crippen LogP) is 7.03. The molecular weight excluding hydrogens is 373 g/mol. The summed E-state index contributed by atoms with van der Waals surface area (Å²) >= 11 is 0. The first-order chi connectivity index (χ1) is 9.32. The van der Waals surface area contributed by atoms with Crippen molar-refractivity contribution in [1.29, 1.82) is 0 Å². The monoisotopic (exact) mass is 405 g/mol. The molecule has 1 nitrogen and oxygen atoms in total. The molecule has 24 heavy (non-hydrogen) atoms. The summed E-state index contributed by atoms with van der Waals surface area (Å²) in [7, 11) is -5.29. The van der Waals surface area contributed by atoms with Gasteiger partial charge >= 0.3 is 125 Å². The van der Waals surface area contributed by atoms with Gasteiger partial charge in [-0.05, 0) is 0 Å². The van der Waals surface area contributed by atoms with E-state index in [9.17, 15) is 0 Å². The third-order valence-electron chi connectivity index (χ3n) is 6.56. The molecule has 1 aliphatic carbocycles. The number of rotatable bonds is 2. The Morgan fingerprint density at radius 1 is 0.958 bits per heavy atom. The van der Waals surface area contributed by atoms with E-state index in [1.54, 1.807) is 0 Å². The van der Waals surface area contributed by atoms with Crippen LogP contribution in [-0.4, -0.2) is 9.80 Å². The molecule has 0 saturated carbocycles. The van der Waals surface area contributed by atoms with Crippen molar-refractivity contribution in [1.82, 2.24) is 4.98 Å². The van der Waals surface area contributed by atoms with Crippen molar-refractivity contribution in [2.75, 3.05) is 0 Å². The standard InChI is InChI=1S/C8H6N.C5H5.6CH3.CH2.2ClH.Ti/c1-2-4-8-7(3-1)5-6-9-8;1-2-4-5-3-1;;;;;;;;;;/h1-5,9H;1-3H,4H2;6*1H3;1H2;2*1H;. The van der Waals surface area contributed by atoms with E-state index in [-0.39, 0.29) is 24.8 Å². The minimum absolute atomic E-state index is 0. The predicted molar refractivity (Wildman–Crippen MR) is 117 cm³/mol. The van der Waals surface area contributed by atoms with E-state index < -0.39 is 9.71 Å². The molecule has 1 N–H and O–H groups in total. The number of allylic oxidation sites excluding steroid dienone is 4. The topological polar surface area (TPSA) is 15.8 Å². The van der Waals surface area contributed by atoms with Gasteiger partial charge in [-0.1, -0.05) is 0 Å². The average molecular weight is 406 g/mol. The summed E-state index contributed by atoms with van der Waals surface area (Å²) in [6.45, 7) is 0. The molecule has 0 bridgehead atoms. The van der Waals surface area contributed by atoms with Crippen LogP contribution in [0.15, 0.2) is 52.4 Å². The maximum atomic E-state index is 5.19. The molecule has 0 atom stereocenters. The number of benzene rings is 1. The van der Waals surface area contributed by atoms with Crippen LogP contribution in [-0.2, 0) is 9.71 Å². The molecule has 1 heterocycles. The van der Waals surface area contributed by atoms with Gasteiger partial charge in [0.05, 0.1) is 0 Å². The van der Waals surface area contributed by atoms with E-state index in [4.69, 9.17) is 4.82 Å². The molecule has 0 spiro atoms. The number of aromatic amines is 1. The van der Waals surface area contributed by atoms with E-state index in [1.165, 1.54) is 18.8 Å². The molecule has 3 rings (SSSR count). The Morgan fingerprint density at radius 3 is 2.04 bits per heavy atom. The summed E-state index contributed by atoms with van der Waals surface area (Å²) in [4.78, 5) is 8.94. The minimum atomic E-state index is -5.29. The van der Waals surface area contributed by atoms with Crippen molar-refractivity contribution in [2.45, 2.75) is 37.8 Å². The molecule has 1 aromatic carbocycles. The van der Waals surface area contributed by atoms with Crippen molar-refractivity contribution in [3.8, 4) is 0 Å². The van der Waals surface area contributed by atoms with E-state index in [1.807, 2.05) is 0 Å². The van der Waals surface area contributed by atoms with Crippen LogP contribution >= 0.6 is 24.8 Å². The quantitative estimate of drug-likeness (QED) is 0.515. The van der Waals surface area contributed by atoms with Gasteiger partial charge in [-0.25, -0.2) is 0 Å². The van der Waals surface area contributed by atoms with Crippen LogP contribution in [0, 0.1) is 0 Å². The summed E-state index contributed by atoms with van der Waals surface area (Å²) < 4.78 is 2.70. The van der Waals surface area contributed by atoms with E-state index in [0.29, 0.717) is 0 Å². The number of para-hydroxylation sites is 1. The number of hydrogen-bond acceptors (Lipinski definition) is 0. The fourth-order valence-corrected chi connectivity index (χ4v) is 12.5. The molecule has 0 amide bonds. The van der Waals surface area contributed by atoms with Crippen LogP contribution in [0.5, 0.6) is 0 Å². The maximum absolute atomic E-state index is 5.29. The van der Waals surface area contributed by atoms with Gasteiger partial charge in [-0.15, -0.1) is 24.8 Å². The Kier molecular flexibility index (Phi) is 2.78. The molecular formula is C20H33Cl2NTi. The summed E-state index contributed by atoms with van der Waals surface area (Å²) in [5.41, 5.74) is 1.18. The van der Waals surface area contributed by atoms with Gasteiger partial charge in [-0.2, -0.15) is 0 Å². The van der Waals surface area contributed by atoms with Gasteiger partial charge in [0.25, 0.3) is 0 Å². The van der Waals surface area contributed by atoms with Gasteiger partial charge in [0.2, 0.25) is 0 Å². The number of aromatic nitrogens is 1. The van der Waals surface area contributed by atoms with Gasteiger partial charge < -0.3 is 0 Å². The zero-order chi connectivity index (χ0) is 16.7. The molecule has 4 heteroatoms. The molecule has 136 valence electrons. The van der Waals surface area contributed by atoms with Crippen LogP contribution in [0.25, 0.3) is 10.9 Å². The zero-order valence-electron chi connectivity index (χ0n) is 15.8. The van der Waals surface area contributed by atoms with Crippen LogP contribution in [0.1, 0.15) is 6.42 Å². The molecule has 0 fully saturated rings. The van der Waals surface area contributed by atoms with Crippen molar-refractivity contribution >= 4 is 44.5 Å². The normalized spacial score (nSPS) is 23.1. The van der Waals surface area contributed by atoms with Gasteiger partial charge in [0.1, 0.15) is 0 Å². The fraction of sp³-hybridized carbons (Fsp3) is 0.350. The third kappa shape index (κ3) is 2.70. The molecule has 0 saturated heterocycles. The molecule has 1 aromatic heterocycles. The van der Waals surface area contributed by atoms with E-state index >= 15 is 0 Å². The number of hydrogen-bond donors (Lipinski definition) is 1.